The van der Waals surface area contributed by atoms with Crippen LogP contribution in [0.5, 0.6) is 0 Å². The fourth-order valence-electron chi connectivity index (χ4n) is 2.11. The van der Waals surface area contributed by atoms with Crippen LogP contribution < -0.4 is 5.32 Å². The smallest absolute Gasteiger partial charge is 0.307 e. The van der Waals surface area contributed by atoms with Crippen molar-refractivity contribution in [1.82, 2.24) is 5.32 Å². The highest BCUT2D eigenvalue weighted by Crippen LogP contribution is 2.44. The van der Waals surface area contributed by atoms with Crippen LogP contribution in [0.25, 0.3) is 0 Å². The molecular formula is C14H19NO2. The number of carboxylic acid groups (broad SMARTS) is 1. The van der Waals surface area contributed by atoms with Crippen molar-refractivity contribution in [2.75, 3.05) is 0 Å². The van der Waals surface area contributed by atoms with Gasteiger partial charge in [-0.3, -0.25) is 4.79 Å². The Bertz CT molecular complexity index is 426. The minimum absolute atomic E-state index is 0.103. The molecule has 0 saturated heterocycles. The first-order chi connectivity index (χ1) is 7.99. The summed E-state index contributed by atoms with van der Waals surface area (Å²) in [6, 6.07) is 8.31. The molecule has 3 heteroatoms. The molecule has 1 aromatic carbocycles. The molecule has 3 nitrogen and oxygen atoms in total. The lowest BCUT2D eigenvalue weighted by Crippen LogP contribution is -2.21. The molecule has 17 heavy (non-hydrogen) atoms. The zero-order valence-electron chi connectivity index (χ0n) is 10.4. The maximum absolute atomic E-state index is 10.8. The average Bonchev–Trinajstić information content (AvgIpc) is 2.84. The van der Waals surface area contributed by atoms with E-state index >= 15 is 0 Å². The number of carboxylic acids is 1. The molecule has 0 aliphatic heterocycles. The Morgan fingerprint density at radius 3 is 2.53 bits per heavy atom. The molecule has 0 radical (unpaired) electrons. The van der Waals surface area contributed by atoms with Crippen molar-refractivity contribution in [2.45, 2.75) is 39.3 Å². The molecule has 1 aliphatic carbocycles. The zero-order chi connectivity index (χ0) is 12.5. The van der Waals surface area contributed by atoms with Crippen LogP contribution in [-0.2, 0) is 17.8 Å². The van der Waals surface area contributed by atoms with Gasteiger partial charge in [-0.2, -0.15) is 0 Å². The second kappa shape index (κ2) is 4.49. The number of rotatable bonds is 5. The standard InChI is InChI=1S/C14H19NO2/c1-14(2)8-12(14)15-9-11-6-4-3-5-10(11)7-13(16)17/h3-6,12,15H,7-9H2,1-2H3,(H,16,17). The third-order valence-electron chi connectivity index (χ3n) is 3.51. The van der Waals surface area contributed by atoms with Crippen molar-refractivity contribution in [2.24, 2.45) is 5.41 Å². The van der Waals surface area contributed by atoms with Gasteiger partial charge in [-0.05, 0) is 23.0 Å². The van der Waals surface area contributed by atoms with E-state index in [-0.39, 0.29) is 6.42 Å². The van der Waals surface area contributed by atoms with Crippen LogP contribution in [0.15, 0.2) is 24.3 Å². The fraction of sp³-hybridized carbons (Fsp3) is 0.500. The molecule has 1 fully saturated rings. The minimum atomic E-state index is -0.774. The summed E-state index contributed by atoms with van der Waals surface area (Å²) in [7, 11) is 0. The lowest BCUT2D eigenvalue weighted by Gasteiger charge is -2.10. The van der Waals surface area contributed by atoms with E-state index in [0.717, 1.165) is 17.7 Å². The van der Waals surface area contributed by atoms with Crippen LogP contribution in [0, 0.1) is 5.41 Å². The zero-order valence-corrected chi connectivity index (χ0v) is 10.4. The summed E-state index contributed by atoms with van der Waals surface area (Å²) in [5.74, 6) is -0.774. The summed E-state index contributed by atoms with van der Waals surface area (Å²) in [6.07, 6.45) is 1.31. The van der Waals surface area contributed by atoms with E-state index < -0.39 is 5.97 Å². The SMILES string of the molecule is CC1(C)CC1NCc1ccccc1CC(=O)O. The monoisotopic (exact) mass is 233 g/mol. The third kappa shape index (κ3) is 3.07. The molecule has 0 amide bonds. The highest BCUT2D eigenvalue weighted by molar-refractivity contribution is 5.70. The Morgan fingerprint density at radius 2 is 2.00 bits per heavy atom. The normalized spacial score (nSPS) is 21.2. The molecule has 1 aliphatic rings. The van der Waals surface area contributed by atoms with Gasteiger partial charge in [0, 0.05) is 12.6 Å². The van der Waals surface area contributed by atoms with Crippen molar-refractivity contribution in [3.63, 3.8) is 0 Å². The summed E-state index contributed by atoms with van der Waals surface area (Å²) in [5, 5.41) is 12.3. The Kier molecular flexibility index (Phi) is 3.20. The molecule has 1 saturated carbocycles. The first-order valence-electron chi connectivity index (χ1n) is 6.01. The van der Waals surface area contributed by atoms with Gasteiger partial charge in [0.05, 0.1) is 6.42 Å². The summed E-state index contributed by atoms with van der Waals surface area (Å²) in [5.41, 5.74) is 2.41. The van der Waals surface area contributed by atoms with Crippen LogP contribution in [0.3, 0.4) is 0 Å². The van der Waals surface area contributed by atoms with E-state index in [0.29, 0.717) is 11.5 Å². The largest absolute Gasteiger partial charge is 0.481 e. The molecular weight excluding hydrogens is 214 g/mol. The molecule has 92 valence electrons. The number of carbonyl (C=O) groups is 1. The molecule has 1 unspecified atom stereocenters. The first-order valence-corrected chi connectivity index (χ1v) is 6.01. The van der Waals surface area contributed by atoms with Gasteiger partial charge in [-0.25, -0.2) is 0 Å². The number of aliphatic carboxylic acids is 1. The lowest BCUT2D eigenvalue weighted by molar-refractivity contribution is -0.136. The predicted octanol–water partition coefficient (Wildman–Crippen LogP) is 2.20. The van der Waals surface area contributed by atoms with Crippen molar-refractivity contribution < 1.29 is 9.90 Å². The number of hydrogen-bond acceptors (Lipinski definition) is 2. The fourth-order valence-corrected chi connectivity index (χ4v) is 2.11. The Hall–Kier alpha value is -1.35. The maximum atomic E-state index is 10.8. The Balaban J connectivity index is 1.98. The van der Waals surface area contributed by atoms with Crippen molar-refractivity contribution in [3.05, 3.63) is 35.4 Å². The van der Waals surface area contributed by atoms with Gasteiger partial charge in [-0.1, -0.05) is 38.1 Å². The quantitative estimate of drug-likeness (QED) is 0.819. The Labute approximate surface area is 102 Å². The summed E-state index contributed by atoms with van der Waals surface area (Å²) in [6.45, 7) is 5.25. The summed E-state index contributed by atoms with van der Waals surface area (Å²) < 4.78 is 0. The lowest BCUT2D eigenvalue weighted by atomic mass is 10.0. The molecule has 0 aromatic heterocycles. The molecule has 2 N–H and O–H groups in total. The van der Waals surface area contributed by atoms with E-state index in [1.807, 2.05) is 24.3 Å². The predicted molar refractivity (Wildman–Crippen MR) is 66.8 cm³/mol. The van der Waals surface area contributed by atoms with Gasteiger partial charge in [0.1, 0.15) is 0 Å². The second-order valence-corrected chi connectivity index (χ2v) is 5.47. The van der Waals surface area contributed by atoms with E-state index in [1.165, 1.54) is 6.42 Å². The van der Waals surface area contributed by atoms with Gasteiger partial charge in [0.15, 0.2) is 0 Å². The number of hydrogen-bond donors (Lipinski definition) is 2. The topological polar surface area (TPSA) is 49.3 Å². The van der Waals surface area contributed by atoms with Gasteiger partial charge in [0.25, 0.3) is 0 Å². The van der Waals surface area contributed by atoms with Gasteiger partial charge < -0.3 is 10.4 Å². The van der Waals surface area contributed by atoms with E-state index in [4.69, 9.17) is 5.11 Å². The Morgan fingerprint density at radius 1 is 1.41 bits per heavy atom. The van der Waals surface area contributed by atoms with E-state index in [2.05, 4.69) is 19.2 Å². The van der Waals surface area contributed by atoms with Crippen molar-refractivity contribution in [1.29, 1.82) is 0 Å². The second-order valence-electron chi connectivity index (χ2n) is 5.47. The highest BCUT2D eigenvalue weighted by atomic mass is 16.4. The number of nitrogens with one attached hydrogen (secondary N) is 1. The molecule has 0 heterocycles. The number of benzene rings is 1. The summed E-state index contributed by atoms with van der Waals surface area (Å²) in [4.78, 5) is 10.8. The highest BCUT2D eigenvalue weighted by Gasteiger charge is 2.44. The van der Waals surface area contributed by atoms with Crippen molar-refractivity contribution >= 4 is 5.97 Å². The van der Waals surface area contributed by atoms with E-state index in [9.17, 15) is 4.79 Å². The van der Waals surface area contributed by atoms with Crippen LogP contribution in [-0.4, -0.2) is 17.1 Å². The molecule has 0 spiro atoms. The van der Waals surface area contributed by atoms with Gasteiger partial charge >= 0.3 is 5.97 Å². The van der Waals surface area contributed by atoms with Gasteiger partial charge in [0.2, 0.25) is 0 Å². The molecule has 1 aromatic rings. The van der Waals surface area contributed by atoms with Crippen LogP contribution in [0.2, 0.25) is 0 Å². The van der Waals surface area contributed by atoms with Gasteiger partial charge in [-0.15, -0.1) is 0 Å². The first kappa shape index (κ1) is 12.1. The molecule has 1 atom stereocenters. The summed E-state index contributed by atoms with van der Waals surface area (Å²) >= 11 is 0. The van der Waals surface area contributed by atoms with E-state index in [1.54, 1.807) is 0 Å². The maximum Gasteiger partial charge on any atom is 0.307 e. The molecule has 2 rings (SSSR count). The van der Waals surface area contributed by atoms with Crippen LogP contribution in [0.4, 0.5) is 0 Å². The molecule has 0 bridgehead atoms. The third-order valence-corrected chi connectivity index (χ3v) is 3.51. The van der Waals surface area contributed by atoms with Crippen molar-refractivity contribution in [3.8, 4) is 0 Å². The average molecular weight is 233 g/mol. The van der Waals surface area contributed by atoms with Crippen LogP contribution in [0.1, 0.15) is 31.4 Å². The minimum Gasteiger partial charge on any atom is -0.481 e. The van der Waals surface area contributed by atoms with Crippen LogP contribution >= 0.6 is 0 Å².